The smallest absolute Gasteiger partial charge is 0.228 e. The molecular formula is C15H24N2OS. The Kier molecular flexibility index (Phi) is 4.99. The van der Waals surface area contributed by atoms with Crippen molar-refractivity contribution in [3.05, 3.63) is 22.4 Å². The van der Waals surface area contributed by atoms with E-state index in [9.17, 15) is 4.79 Å². The highest BCUT2D eigenvalue weighted by Crippen LogP contribution is 2.18. The zero-order chi connectivity index (χ0) is 13.8. The molecule has 0 spiro atoms. The molecule has 1 amide bonds. The Labute approximate surface area is 120 Å². The van der Waals surface area contributed by atoms with E-state index in [-0.39, 0.29) is 5.91 Å². The lowest BCUT2D eigenvalue weighted by molar-refractivity contribution is -0.134. The van der Waals surface area contributed by atoms with Gasteiger partial charge in [0.1, 0.15) is 0 Å². The summed E-state index contributed by atoms with van der Waals surface area (Å²) in [7, 11) is 0. The van der Waals surface area contributed by atoms with Gasteiger partial charge in [0, 0.05) is 30.1 Å². The van der Waals surface area contributed by atoms with Crippen LogP contribution < -0.4 is 5.32 Å². The molecule has 1 aliphatic heterocycles. The molecule has 1 aliphatic rings. The molecule has 19 heavy (non-hydrogen) atoms. The van der Waals surface area contributed by atoms with Crippen molar-refractivity contribution in [3.8, 4) is 0 Å². The van der Waals surface area contributed by atoms with Crippen molar-refractivity contribution in [1.82, 2.24) is 10.2 Å². The van der Waals surface area contributed by atoms with E-state index in [1.165, 1.54) is 4.88 Å². The number of piperazine rings is 1. The fourth-order valence-electron chi connectivity index (χ4n) is 2.68. The first-order valence-corrected chi connectivity index (χ1v) is 7.99. The first-order valence-electron chi connectivity index (χ1n) is 7.11. The molecule has 2 atom stereocenters. The van der Waals surface area contributed by atoms with Crippen LogP contribution in [0.15, 0.2) is 17.5 Å². The van der Waals surface area contributed by atoms with Gasteiger partial charge in [0.2, 0.25) is 5.91 Å². The zero-order valence-corrected chi connectivity index (χ0v) is 12.9. The molecule has 2 rings (SSSR count). The largest absolute Gasteiger partial charge is 0.337 e. The van der Waals surface area contributed by atoms with Crippen molar-refractivity contribution in [2.75, 3.05) is 13.1 Å². The lowest BCUT2D eigenvalue weighted by Gasteiger charge is -2.40. The molecule has 1 N–H and O–H groups in total. The monoisotopic (exact) mass is 280 g/mol. The van der Waals surface area contributed by atoms with Gasteiger partial charge in [-0.05, 0) is 30.7 Å². The Bertz CT molecular complexity index is 402. The van der Waals surface area contributed by atoms with Crippen molar-refractivity contribution in [2.45, 2.75) is 45.7 Å². The fourth-order valence-corrected chi connectivity index (χ4v) is 3.38. The number of rotatable bonds is 4. The SMILES string of the molecule is CC(C)CC1CNC(C)CN1C(=O)Cc1cccs1. The predicted octanol–water partition coefficient (Wildman–Crippen LogP) is 2.53. The second kappa shape index (κ2) is 6.53. The average Bonchev–Trinajstić information content (AvgIpc) is 2.83. The van der Waals surface area contributed by atoms with Gasteiger partial charge in [0.15, 0.2) is 0 Å². The molecular weight excluding hydrogens is 256 g/mol. The molecule has 106 valence electrons. The van der Waals surface area contributed by atoms with E-state index in [1.54, 1.807) is 11.3 Å². The second-order valence-electron chi connectivity index (χ2n) is 5.89. The first-order chi connectivity index (χ1) is 9.06. The zero-order valence-electron chi connectivity index (χ0n) is 12.1. The minimum Gasteiger partial charge on any atom is -0.337 e. The minimum absolute atomic E-state index is 0.279. The summed E-state index contributed by atoms with van der Waals surface area (Å²) < 4.78 is 0. The molecule has 1 fully saturated rings. The summed E-state index contributed by atoms with van der Waals surface area (Å²) in [6, 6.07) is 4.81. The summed E-state index contributed by atoms with van der Waals surface area (Å²) in [5.74, 6) is 0.902. The molecule has 3 nitrogen and oxygen atoms in total. The number of nitrogens with zero attached hydrogens (tertiary/aromatic N) is 1. The second-order valence-corrected chi connectivity index (χ2v) is 6.93. The van der Waals surface area contributed by atoms with Crippen LogP contribution in [-0.4, -0.2) is 36.0 Å². The highest BCUT2D eigenvalue weighted by atomic mass is 32.1. The van der Waals surface area contributed by atoms with E-state index >= 15 is 0 Å². The lowest BCUT2D eigenvalue weighted by atomic mass is 9.99. The molecule has 2 heterocycles. The Hall–Kier alpha value is -0.870. The van der Waals surface area contributed by atoms with Crippen LogP contribution in [0.1, 0.15) is 32.1 Å². The van der Waals surface area contributed by atoms with Gasteiger partial charge in [-0.15, -0.1) is 11.3 Å². The first kappa shape index (κ1) is 14.5. The fraction of sp³-hybridized carbons (Fsp3) is 0.667. The predicted molar refractivity (Wildman–Crippen MR) is 80.4 cm³/mol. The van der Waals surface area contributed by atoms with E-state index < -0.39 is 0 Å². The third kappa shape index (κ3) is 4.05. The molecule has 0 bridgehead atoms. The van der Waals surface area contributed by atoms with Crippen LogP contribution in [0.4, 0.5) is 0 Å². The Morgan fingerprint density at radius 2 is 2.37 bits per heavy atom. The van der Waals surface area contributed by atoms with Gasteiger partial charge in [-0.1, -0.05) is 19.9 Å². The van der Waals surface area contributed by atoms with E-state index in [0.29, 0.717) is 24.4 Å². The molecule has 0 aliphatic carbocycles. The maximum atomic E-state index is 12.5. The molecule has 1 saturated heterocycles. The Morgan fingerprint density at radius 3 is 3.00 bits per heavy atom. The Balaban J connectivity index is 2.01. The quantitative estimate of drug-likeness (QED) is 0.919. The minimum atomic E-state index is 0.279. The molecule has 0 radical (unpaired) electrons. The van der Waals surface area contributed by atoms with Crippen LogP contribution in [0, 0.1) is 5.92 Å². The summed E-state index contributed by atoms with van der Waals surface area (Å²) in [5, 5.41) is 5.53. The molecule has 1 aromatic rings. The summed E-state index contributed by atoms with van der Waals surface area (Å²) in [5.41, 5.74) is 0. The molecule has 0 saturated carbocycles. The van der Waals surface area contributed by atoms with Crippen molar-refractivity contribution in [3.63, 3.8) is 0 Å². The van der Waals surface area contributed by atoms with Crippen LogP contribution in [0.25, 0.3) is 0 Å². The van der Waals surface area contributed by atoms with Gasteiger partial charge in [-0.3, -0.25) is 4.79 Å². The normalized spacial score (nSPS) is 23.9. The summed E-state index contributed by atoms with van der Waals surface area (Å²) in [4.78, 5) is 15.8. The van der Waals surface area contributed by atoms with E-state index in [2.05, 4.69) is 31.0 Å². The highest BCUT2D eigenvalue weighted by molar-refractivity contribution is 7.10. The summed E-state index contributed by atoms with van der Waals surface area (Å²) in [6.45, 7) is 8.36. The molecule has 2 unspecified atom stereocenters. The van der Waals surface area contributed by atoms with Crippen molar-refractivity contribution < 1.29 is 4.79 Å². The van der Waals surface area contributed by atoms with Gasteiger partial charge in [0.25, 0.3) is 0 Å². The lowest BCUT2D eigenvalue weighted by Crippen LogP contribution is -2.58. The van der Waals surface area contributed by atoms with Crippen LogP contribution in [0.5, 0.6) is 0 Å². The molecule has 1 aromatic heterocycles. The maximum absolute atomic E-state index is 12.5. The van der Waals surface area contributed by atoms with Crippen molar-refractivity contribution >= 4 is 17.2 Å². The topological polar surface area (TPSA) is 32.3 Å². The van der Waals surface area contributed by atoms with Crippen LogP contribution >= 0.6 is 11.3 Å². The van der Waals surface area contributed by atoms with Crippen LogP contribution in [0.2, 0.25) is 0 Å². The number of hydrogen-bond donors (Lipinski definition) is 1. The summed E-state index contributed by atoms with van der Waals surface area (Å²) >= 11 is 1.67. The maximum Gasteiger partial charge on any atom is 0.228 e. The van der Waals surface area contributed by atoms with E-state index in [1.807, 2.05) is 17.5 Å². The number of carbonyl (C=O) groups is 1. The van der Waals surface area contributed by atoms with Gasteiger partial charge in [0.05, 0.1) is 6.42 Å². The van der Waals surface area contributed by atoms with Crippen LogP contribution in [-0.2, 0) is 11.2 Å². The van der Waals surface area contributed by atoms with Crippen LogP contribution in [0.3, 0.4) is 0 Å². The average molecular weight is 280 g/mol. The molecule has 4 heteroatoms. The van der Waals surface area contributed by atoms with Gasteiger partial charge in [-0.2, -0.15) is 0 Å². The third-order valence-corrected chi connectivity index (χ3v) is 4.46. The third-order valence-electron chi connectivity index (χ3n) is 3.58. The van der Waals surface area contributed by atoms with Crippen molar-refractivity contribution in [1.29, 1.82) is 0 Å². The van der Waals surface area contributed by atoms with Crippen molar-refractivity contribution in [2.24, 2.45) is 5.92 Å². The number of amides is 1. The standard InChI is InChI=1S/C15H24N2OS/c1-11(2)7-13-9-16-12(3)10-17(13)15(18)8-14-5-4-6-19-14/h4-6,11-13,16H,7-10H2,1-3H3. The van der Waals surface area contributed by atoms with Gasteiger partial charge >= 0.3 is 0 Å². The number of nitrogens with one attached hydrogen (secondary N) is 1. The van der Waals surface area contributed by atoms with E-state index in [0.717, 1.165) is 19.5 Å². The molecule has 0 aromatic carbocycles. The summed E-state index contributed by atoms with van der Waals surface area (Å²) in [6.07, 6.45) is 1.63. The van der Waals surface area contributed by atoms with Gasteiger partial charge < -0.3 is 10.2 Å². The number of thiophene rings is 1. The number of hydrogen-bond acceptors (Lipinski definition) is 3. The highest BCUT2D eigenvalue weighted by Gasteiger charge is 2.29. The van der Waals surface area contributed by atoms with E-state index in [4.69, 9.17) is 0 Å². The number of carbonyl (C=O) groups excluding carboxylic acids is 1. The van der Waals surface area contributed by atoms with Gasteiger partial charge in [-0.25, -0.2) is 0 Å². The Morgan fingerprint density at radius 1 is 1.58 bits per heavy atom.